The summed E-state index contributed by atoms with van der Waals surface area (Å²) in [6.45, 7) is 5.95. The Kier molecular flexibility index (Phi) is 6.48. The van der Waals surface area contributed by atoms with Gasteiger partial charge >= 0.3 is 0 Å². The first-order valence-electron chi connectivity index (χ1n) is 9.46. The Morgan fingerprint density at radius 1 is 1.20 bits per heavy atom. The highest BCUT2D eigenvalue weighted by molar-refractivity contribution is 7.16. The molecule has 1 N–H and O–H groups in total. The second-order valence-electron chi connectivity index (χ2n) is 7.32. The molecule has 0 spiro atoms. The molecule has 0 bridgehead atoms. The fraction of sp³-hybridized carbons (Fsp3) is 0.684. The maximum atomic E-state index is 12.5. The van der Waals surface area contributed by atoms with Crippen LogP contribution in [0.1, 0.15) is 50.3 Å². The highest BCUT2D eigenvalue weighted by Gasteiger charge is 2.24. The summed E-state index contributed by atoms with van der Waals surface area (Å²) < 4.78 is 0. The van der Waals surface area contributed by atoms with Crippen LogP contribution < -0.4 is 5.32 Å². The normalized spacial score (nSPS) is 20.5. The monoisotopic (exact) mass is 363 g/mol. The van der Waals surface area contributed by atoms with Crippen LogP contribution in [-0.2, 0) is 16.1 Å². The minimum Gasteiger partial charge on any atom is -0.341 e. The van der Waals surface area contributed by atoms with Crippen molar-refractivity contribution in [1.82, 2.24) is 9.80 Å². The molecule has 1 saturated heterocycles. The number of hydrogen-bond acceptors (Lipinski definition) is 4. The maximum Gasteiger partial charge on any atom is 0.223 e. The van der Waals surface area contributed by atoms with Crippen LogP contribution >= 0.6 is 11.3 Å². The zero-order valence-electron chi connectivity index (χ0n) is 15.1. The van der Waals surface area contributed by atoms with Crippen molar-refractivity contribution in [2.24, 2.45) is 5.92 Å². The number of nitrogens with zero attached hydrogens (tertiary/aromatic N) is 2. The minimum atomic E-state index is -0.0351. The summed E-state index contributed by atoms with van der Waals surface area (Å²) in [6, 6.07) is 4.03. The van der Waals surface area contributed by atoms with Gasteiger partial charge in [-0.3, -0.25) is 14.5 Å². The lowest BCUT2D eigenvalue weighted by atomic mass is 9.89. The number of carbonyl (C=O) groups excluding carboxylic acids is 2. The van der Waals surface area contributed by atoms with Gasteiger partial charge in [0.1, 0.15) is 0 Å². The van der Waals surface area contributed by atoms with Gasteiger partial charge in [0, 0.05) is 50.9 Å². The summed E-state index contributed by atoms with van der Waals surface area (Å²) in [4.78, 5) is 29.3. The summed E-state index contributed by atoms with van der Waals surface area (Å²) >= 11 is 1.62. The molecule has 2 aliphatic rings. The van der Waals surface area contributed by atoms with E-state index in [0.29, 0.717) is 18.2 Å². The molecule has 25 heavy (non-hydrogen) atoms. The van der Waals surface area contributed by atoms with E-state index in [1.807, 2.05) is 6.07 Å². The Balaban J connectivity index is 1.50. The van der Waals surface area contributed by atoms with Gasteiger partial charge in [0.25, 0.3) is 0 Å². The van der Waals surface area contributed by atoms with E-state index in [-0.39, 0.29) is 5.91 Å². The summed E-state index contributed by atoms with van der Waals surface area (Å²) in [5.41, 5.74) is 0. The first-order valence-corrected chi connectivity index (χ1v) is 10.3. The number of rotatable bonds is 5. The largest absolute Gasteiger partial charge is 0.341 e. The van der Waals surface area contributed by atoms with Crippen LogP contribution in [0.15, 0.2) is 12.1 Å². The SMILES string of the molecule is CC(=O)Nc1ccc(CN2CCC(=O)N(CC3CCCCC3)CC2)s1. The number of nitrogens with one attached hydrogen (secondary N) is 1. The van der Waals surface area contributed by atoms with Crippen LogP contribution in [0.5, 0.6) is 0 Å². The molecule has 1 saturated carbocycles. The average Bonchev–Trinajstić information content (AvgIpc) is 2.95. The van der Waals surface area contributed by atoms with E-state index in [2.05, 4.69) is 21.2 Å². The first-order chi connectivity index (χ1) is 12.1. The lowest BCUT2D eigenvalue weighted by Crippen LogP contribution is -2.37. The standard InChI is InChI=1S/C19H29N3O2S/c1-15(23)20-18-8-7-17(25-18)14-21-10-9-19(24)22(12-11-21)13-16-5-3-2-4-6-16/h7-8,16H,2-6,9-14H2,1H3,(H,20,23). The second-order valence-corrected chi connectivity index (χ2v) is 8.49. The van der Waals surface area contributed by atoms with Crippen molar-refractivity contribution in [3.05, 3.63) is 17.0 Å². The Morgan fingerprint density at radius 3 is 2.76 bits per heavy atom. The highest BCUT2D eigenvalue weighted by Crippen LogP contribution is 2.26. The Bertz CT molecular complexity index is 595. The molecular formula is C19H29N3O2S. The van der Waals surface area contributed by atoms with E-state index in [1.54, 1.807) is 11.3 Å². The molecule has 138 valence electrons. The average molecular weight is 364 g/mol. The van der Waals surface area contributed by atoms with Gasteiger partial charge in [0.15, 0.2) is 0 Å². The maximum absolute atomic E-state index is 12.5. The number of thiophene rings is 1. The third kappa shape index (κ3) is 5.54. The highest BCUT2D eigenvalue weighted by atomic mass is 32.1. The third-order valence-electron chi connectivity index (χ3n) is 5.22. The van der Waals surface area contributed by atoms with Gasteiger partial charge in [-0.15, -0.1) is 11.3 Å². The van der Waals surface area contributed by atoms with Crippen LogP contribution in [0.2, 0.25) is 0 Å². The quantitative estimate of drug-likeness (QED) is 0.873. The van der Waals surface area contributed by atoms with Gasteiger partial charge in [0.2, 0.25) is 11.8 Å². The van der Waals surface area contributed by atoms with Gasteiger partial charge in [-0.25, -0.2) is 0 Å². The molecule has 1 aromatic heterocycles. The van der Waals surface area contributed by atoms with Crippen molar-refractivity contribution in [2.75, 3.05) is 31.5 Å². The lowest BCUT2D eigenvalue weighted by Gasteiger charge is -2.29. The van der Waals surface area contributed by atoms with Gasteiger partial charge in [-0.05, 0) is 30.9 Å². The predicted molar refractivity (Wildman–Crippen MR) is 102 cm³/mol. The van der Waals surface area contributed by atoms with Gasteiger partial charge in [0.05, 0.1) is 5.00 Å². The van der Waals surface area contributed by atoms with Crippen molar-refractivity contribution in [3.8, 4) is 0 Å². The smallest absolute Gasteiger partial charge is 0.223 e. The van der Waals surface area contributed by atoms with Crippen LogP contribution in [-0.4, -0.2) is 47.8 Å². The summed E-state index contributed by atoms with van der Waals surface area (Å²) in [6.07, 6.45) is 7.21. The first kappa shape index (κ1) is 18.4. The number of anilines is 1. The van der Waals surface area contributed by atoms with Crippen LogP contribution in [0, 0.1) is 5.92 Å². The fourth-order valence-electron chi connectivity index (χ4n) is 3.87. The Morgan fingerprint density at radius 2 is 2.00 bits per heavy atom. The molecule has 1 aromatic rings. The van der Waals surface area contributed by atoms with Crippen molar-refractivity contribution in [1.29, 1.82) is 0 Å². The molecule has 0 aromatic carbocycles. The molecule has 5 nitrogen and oxygen atoms in total. The molecule has 2 heterocycles. The van der Waals surface area contributed by atoms with Crippen LogP contribution in [0.25, 0.3) is 0 Å². The Labute approximate surface area is 154 Å². The van der Waals surface area contributed by atoms with Gasteiger partial charge in [-0.1, -0.05) is 19.3 Å². The predicted octanol–water partition coefficient (Wildman–Crippen LogP) is 3.32. The topological polar surface area (TPSA) is 52.7 Å². The van der Waals surface area contributed by atoms with Crippen LogP contribution in [0.3, 0.4) is 0 Å². The van der Waals surface area contributed by atoms with Gasteiger partial charge < -0.3 is 10.2 Å². The van der Waals surface area contributed by atoms with Crippen molar-refractivity contribution in [3.63, 3.8) is 0 Å². The van der Waals surface area contributed by atoms with E-state index in [0.717, 1.165) is 37.7 Å². The van der Waals surface area contributed by atoms with Gasteiger partial charge in [-0.2, -0.15) is 0 Å². The zero-order chi connectivity index (χ0) is 17.6. The number of amides is 2. The van der Waals surface area contributed by atoms with Crippen molar-refractivity contribution >= 4 is 28.2 Å². The third-order valence-corrected chi connectivity index (χ3v) is 6.21. The van der Waals surface area contributed by atoms with Crippen molar-refractivity contribution < 1.29 is 9.59 Å². The Hall–Kier alpha value is -1.40. The molecule has 0 unspecified atom stereocenters. The summed E-state index contributed by atoms with van der Waals surface area (Å²) in [5.74, 6) is 0.993. The van der Waals surface area contributed by atoms with Crippen molar-refractivity contribution in [2.45, 2.75) is 52.0 Å². The molecule has 3 rings (SSSR count). The molecule has 1 aliphatic heterocycles. The van der Waals surface area contributed by atoms with E-state index < -0.39 is 0 Å². The zero-order valence-corrected chi connectivity index (χ0v) is 15.9. The molecular weight excluding hydrogens is 334 g/mol. The second kappa shape index (κ2) is 8.81. The molecule has 2 fully saturated rings. The molecule has 6 heteroatoms. The summed E-state index contributed by atoms with van der Waals surface area (Å²) in [5, 5.41) is 3.73. The molecule has 0 atom stereocenters. The van der Waals surface area contributed by atoms with Crippen LogP contribution in [0.4, 0.5) is 5.00 Å². The summed E-state index contributed by atoms with van der Waals surface area (Å²) in [7, 11) is 0. The number of carbonyl (C=O) groups is 2. The lowest BCUT2D eigenvalue weighted by molar-refractivity contribution is -0.131. The van der Waals surface area contributed by atoms with E-state index in [1.165, 1.54) is 43.9 Å². The minimum absolute atomic E-state index is 0.0351. The molecule has 2 amide bonds. The van der Waals surface area contributed by atoms with E-state index in [9.17, 15) is 9.59 Å². The molecule has 1 aliphatic carbocycles. The number of hydrogen-bond donors (Lipinski definition) is 1. The fourth-order valence-corrected chi connectivity index (χ4v) is 4.86. The van der Waals surface area contributed by atoms with E-state index in [4.69, 9.17) is 0 Å². The van der Waals surface area contributed by atoms with E-state index >= 15 is 0 Å². The molecule has 0 radical (unpaired) electrons.